The molecule has 3 aromatic carbocycles. The third-order valence-electron chi connectivity index (χ3n) is 4.30. The van der Waals surface area contributed by atoms with Crippen LogP contribution in [-0.4, -0.2) is 17.7 Å². The molecule has 6 nitrogen and oxygen atoms in total. The van der Waals surface area contributed by atoms with E-state index in [2.05, 4.69) is 32.1 Å². The van der Waals surface area contributed by atoms with Crippen LogP contribution >= 0.6 is 15.9 Å². The summed E-state index contributed by atoms with van der Waals surface area (Å²) in [5.41, 5.74) is 7.16. The summed E-state index contributed by atoms with van der Waals surface area (Å²) in [6.45, 7) is 0. The first-order chi connectivity index (χ1) is 14.9. The summed E-state index contributed by atoms with van der Waals surface area (Å²) in [6, 6.07) is 19.4. The Morgan fingerprint density at radius 1 is 0.710 bits per heavy atom. The normalized spacial score (nSPS) is 10.3. The van der Waals surface area contributed by atoms with Crippen LogP contribution in [0.2, 0.25) is 0 Å². The van der Waals surface area contributed by atoms with Gasteiger partial charge in [-0.05, 0) is 59.7 Å². The molecule has 3 N–H and O–H groups in total. The fourth-order valence-corrected chi connectivity index (χ4v) is 2.98. The fourth-order valence-electron chi connectivity index (χ4n) is 2.71. The first-order valence-corrected chi connectivity index (χ1v) is 10.2. The van der Waals surface area contributed by atoms with E-state index >= 15 is 0 Å². The maximum Gasteiger partial charge on any atom is 0.255 e. The SMILES string of the molecule is O=C(Cc1ccc(F)cc1)NNC(=O)Cc1ccc(NC(=O)c2ccc(Br)cc2)cc1. The second kappa shape index (κ2) is 10.5. The van der Waals surface area contributed by atoms with Crippen LogP contribution in [0.25, 0.3) is 0 Å². The number of amides is 3. The van der Waals surface area contributed by atoms with Crippen LogP contribution in [0.4, 0.5) is 10.1 Å². The molecule has 0 aromatic heterocycles. The lowest BCUT2D eigenvalue weighted by Gasteiger charge is -2.09. The van der Waals surface area contributed by atoms with Crippen molar-refractivity contribution in [2.24, 2.45) is 0 Å². The Morgan fingerprint density at radius 2 is 1.19 bits per heavy atom. The second-order valence-corrected chi connectivity index (χ2v) is 7.65. The Hall–Kier alpha value is -3.52. The van der Waals surface area contributed by atoms with E-state index < -0.39 is 5.91 Å². The van der Waals surface area contributed by atoms with Crippen molar-refractivity contribution in [2.75, 3.05) is 5.32 Å². The van der Waals surface area contributed by atoms with Crippen molar-refractivity contribution in [1.29, 1.82) is 0 Å². The van der Waals surface area contributed by atoms with Crippen LogP contribution < -0.4 is 16.2 Å². The minimum Gasteiger partial charge on any atom is -0.322 e. The summed E-state index contributed by atoms with van der Waals surface area (Å²) >= 11 is 3.32. The average molecular weight is 484 g/mol. The molecule has 0 saturated heterocycles. The van der Waals surface area contributed by atoms with E-state index in [0.29, 0.717) is 22.4 Å². The van der Waals surface area contributed by atoms with Crippen LogP contribution in [0.5, 0.6) is 0 Å². The van der Waals surface area contributed by atoms with Gasteiger partial charge in [-0.15, -0.1) is 0 Å². The van der Waals surface area contributed by atoms with Gasteiger partial charge in [0.1, 0.15) is 5.82 Å². The molecule has 0 aliphatic heterocycles. The third kappa shape index (κ3) is 7.04. The van der Waals surface area contributed by atoms with E-state index in [9.17, 15) is 18.8 Å². The number of anilines is 1. The monoisotopic (exact) mass is 483 g/mol. The maximum atomic E-state index is 12.9. The van der Waals surface area contributed by atoms with E-state index in [4.69, 9.17) is 0 Å². The van der Waals surface area contributed by atoms with Crippen molar-refractivity contribution in [1.82, 2.24) is 10.9 Å². The molecule has 8 heteroatoms. The number of halogens is 2. The van der Waals surface area contributed by atoms with Gasteiger partial charge in [-0.2, -0.15) is 0 Å². The molecule has 0 fully saturated rings. The Balaban J connectivity index is 1.45. The molecule has 0 radical (unpaired) electrons. The van der Waals surface area contributed by atoms with E-state index in [1.54, 1.807) is 48.5 Å². The number of rotatable bonds is 6. The maximum absolute atomic E-state index is 12.9. The predicted molar refractivity (Wildman–Crippen MR) is 119 cm³/mol. The summed E-state index contributed by atoms with van der Waals surface area (Å²) in [5.74, 6) is -1.41. The van der Waals surface area contributed by atoms with Crippen molar-refractivity contribution >= 4 is 39.3 Å². The molecule has 3 aromatic rings. The summed E-state index contributed by atoms with van der Waals surface area (Å²) in [6.07, 6.45) is 0.0745. The molecule has 0 heterocycles. The first kappa shape index (κ1) is 22.2. The lowest BCUT2D eigenvalue weighted by molar-refractivity contribution is -0.128. The molecule has 31 heavy (non-hydrogen) atoms. The Labute approximate surface area is 187 Å². The number of hydrazine groups is 1. The number of benzene rings is 3. The van der Waals surface area contributed by atoms with Gasteiger partial charge in [-0.1, -0.05) is 40.2 Å². The average Bonchev–Trinajstić information content (AvgIpc) is 2.76. The minimum absolute atomic E-state index is 0.0212. The Bertz CT molecular complexity index is 1070. The van der Waals surface area contributed by atoms with Gasteiger partial charge in [-0.25, -0.2) is 4.39 Å². The number of nitrogens with one attached hydrogen (secondary N) is 3. The molecule has 0 aliphatic carbocycles. The minimum atomic E-state index is -0.411. The lowest BCUT2D eigenvalue weighted by Crippen LogP contribution is -2.43. The number of carbonyl (C=O) groups is 3. The molecule has 0 aliphatic rings. The van der Waals surface area contributed by atoms with Gasteiger partial charge in [0.2, 0.25) is 11.8 Å². The van der Waals surface area contributed by atoms with Gasteiger partial charge in [0.15, 0.2) is 0 Å². The highest BCUT2D eigenvalue weighted by molar-refractivity contribution is 9.10. The van der Waals surface area contributed by atoms with Crippen molar-refractivity contribution in [2.45, 2.75) is 12.8 Å². The molecule has 3 rings (SSSR count). The van der Waals surface area contributed by atoms with Crippen molar-refractivity contribution in [3.63, 3.8) is 0 Å². The van der Waals surface area contributed by atoms with Gasteiger partial charge < -0.3 is 5.32 Å². The highest BCUT2D eigenvalue weighted by Gasteiger charge is 2.09. The van der Waals surface area contributed by atoms with E-state index in [0.717, 1.165) is 4.47 Å². The molecule has 0 bridgehead atoms. The van der Waals surface area contributed by atoms with Crippen molar-refractivity contribution < 1.29 is 18.8 Å². The summed E-state index contributed by atoms with van der Waals surface area (Å²) < 4.78 is 13.8. The predicted octanol–water partition coefficient (Wildman–Crippen LogP) is 3.77. The van der Waals surface area contributed by atoms with Crippen LogP contribution in [0, 0.1) is 5.82 Å². The fraction of sp³-hybridized carbons (Fsp3) is 0.0870. The lowest BCUT2D eigenvalue weighted by atomic mass is 10.1. The van der Waals surface area contributed by atoms with E-state index in [1.165, 1.54) is 24.3 Å². The molecule has 3 amide bonds. The van der Waals surface area contributed by atoms with Crippen LogP contribution in [-0.2, 0) is 22.4 Å². The smallest absolute Gasteiger partial charge is 0.255 e. The molecule has 0 spiro atoms. The second-order valence-electron chi connectivity index (χ2n) is 6.73. The van der Waals surface area contributed by atoms with Gasteiger partial charge >= 0.3 is 0 Å². The van der Waals surface area contributed by atoms with Gasteiger partial charge in [0, 0.05) is 15.7 Å². The van der Waals surface area contributed by atoms with Crippen LogP contribution in [0.15, 0.2) is 77.3 Å². The standard InChI is InChI=1S/C23H19BrFN3O3/c24-18-7-5-17(6-8-18)23(31)26-20-11-3-16(4-12-20)14-22(30)28-27-21(29)13-15-1-9-19(25)10-2-15/h1-12H,13-14H2,(H,26,31)(H,27,29)(H,28,30). The molecular formula is C23H19BrFN3O3. The van der Waals surface area contributed by atoms with Crippen LogP contribution in [0.1, 0.15) is 21.5 Å². The zero-order valence-electron chi connectivity index (χ0n) is 16.3. The summed E-state index contributed by atoms with van der Waals surface area (Å²) in [4.78, 5) is 36.2. The van der Waals surface area contributed by atoms with Gasteiger partial charge in [0.05, 0.1) is 12.8 Å². The molecule has 0 saturated carbocycles. The summed E-state index contributed by atoms with van der Waals surface area (Å²) in [5, 5.41) is 2.79. The summed E-state index contributed by atoms with van der Waals surface area (Å²) in [7, 11) is 0. The van der Waals surface area contributed by atoms with E-state index in [1.807, 2.05) is 0 Å². The zero-order valence-corrected chi connectivity index (χ0v) is 17.9. The Kier molecular flexibility index (Phi) is 7.50. The number of hydrogen-bond donors (Lipinski definition) is 3. The molecule has 0 atom stereocenters. The topological polar surface area (TPSA) is 87.3 Å². The molecular weight excluding hydrogens is 465 g/mol. The highest BCUT2D eigenvalue weighted by atomic mass is 79.9. The van der Waals surface area contributed by atoms with Crippen molar-refractivity contribution in [3.8, 4) is 0 Å². The first-order valence-electron chi connectivity index (χ1n) is 9.37. The molecule has 0 unspecified atom stereocenters. The largest absolute Gasteiger partial charge is 0.322 e. The Morgan fingerprint density at radius 3 is 1.71 bits per heavy atom. The van der Waals surface area contributed by atoms with Gasteiger partial charge in [0.25, 0.3) is 5.91 Å². The third-order valence-corrected chi connectivity index (χ3v) is 4.83. The van der Waals surface area contributed by atoms with Crippen molar-refractivity contribution in [3.05, 3.63) is 99.8 Å². The zero-order chi connectivity index (χ0) is 22.2. The number of hydrogen-bond acceptors (Lipinski definition) is 3. The molecule has 158 valence electrons. The highest BCUT2D eigenvalue weighted by Crippen LogP contribution is 2.14. The van der Waals surface area contributed by atoms with Gasteiger partial charge in [-0.3, -0.25) is 25.2 Å². The quantitative estimate of drug-likeness (QED) is 0.466. The van der Waals surface area contributed by atoms with Crippen LogP contribution in [0.3, 0.4) is 0 Å². The number of carbonyl (C=O) groups excluding carboxylic acids is 3. The van der Waals surface area contributed by atoms with E-state index in [-0.39, 0.29) is 30.5 Å².